The maximum atomic E-state index is 12.6. The maximum absolute atomic E-state index is 12.6. The Morgan fingerprint density at radius 2 is 1.55 bits per heavy atom. The average molecular weight is 669 g/mol. The van der Waals surface area contributed by atoms with E-state index >= 15 is 0 Å². The monoisotopic (exact) mass is 668 g/mol. The van der Waals surface area contributed by atoms with E-state index in [2.05, 4.69) is 0 Å². The van der Waals surface area contributed by atoms with Gasteiger partial charge in [0.15, 0.2) is 35.6 Å². The van der Waals surface area contributed by atoms with Gasteiger partial charge in [-0.3, -0.25) is 0 Å². The zero-order valence-electron chi connectivity index (χ0n) is 25.6. The van der Waals surface area contributed by atoms with Crippen molar-refractivity contribution in [3.05, 3.63) is 53.6 Å². The Labute approximate surface area is 269 Å². The molecular formula is C31H40O16. The lowest BCUT2D eigenvalue weighted by molar-refractivity contribution is -0.361. The lowest BCUT2D eigenvalue weighted by Gasteiger charge is -2.46. The number of aromatic hydroxyl groups is 3. The third-order valence-corrected chi connectivity index (χ3v) is 7.74. The van der Waals surface area contributed by atoms with Gasteiger partial charge in [0, 0.05) is 13.2 Å². The standard InChI is InChI=1S/C31H40O16/c1-41-20-12-15(4-7-18(20)34)5-8-23(36)44-14-22-28(42-2)29(47-31-26(39)25(38)24(37)21(13-32)45-31)27(40)30(46-22)43-10-9-16-3-6-17(33)19(35)11-16/h3-8,11-12,21-22,24-35,37-40H,9-10,13-14H2,1-2H3/t21-,22-,24+,25+,26-,27+,28-,29+,30-,31+/m0/s1. The van der Waals surface area contributed by atoms with Gasteiger partial charge in [0.1, 0.15) is 55.4 Å². The van der Waals surface area contributed by atoms with Crippen molar-refractivity contribution in [2.45, 2.75) is 67.8 Å². The number of hydrogen-bond donors (Lipinski definition) is 8. The molecule has 0 bridgehead atoms. The van der Waals surface area contributed by atoms with Crippen molar-refractivity contribution in [1.29, 1.82) is 0 Å². The van der Waals surface area contributed by atoms with Gasteiger partial charge in [0.2, 0.25) is 0 Å². The van der Waals surface area contributed by atoms with E-state index in [-0.39, 0.29) is 36.0 Å². The number of aliphatic hydroxyl groups excluding tert-OH is 5. The first-order chi connectivity index (χ1) is 22.5. The molecule has 0 unspecified atom stereocenters. The molecule has 2 aromatic rings. The number of carbonyl (C=O) groups excluding carboxylic acids is 1. The molecule has 2 aliphatic heterocycles. The van der Waals surface area contributed by atoms with Gasteiger partial charge >= 0.3 is 5.97 Å². The van der Waals surface area contributed by atoms with Crippen LogP contribution in [0.3, 0.4) is 0 Å². The molecule has 16 heteroatoms. The summed E-state index contributed by atoms with van der Waals surface area (Å²) in [5.41, 5.74) is 1.13. The second-order valence-electron chi connectivity index (χ2n) is 10.9. The molecule has 2 saturated heterocycles. The van der Waals surface area contributed by atoms with Crippen LogP contribution in [0.4, 0.5) is 0 Å². The van der Waals surface area contributed by atoms with E-state index in [1.165, 1.54) is 44.6 Å². The van der Waals surface area contributed by atoms with Gasteiger partial charge in [-0.2, -0.15) is 0 Å². The van der Waals surface area contributed by atoms with Crippen molar-refractivity contribution >= 4 is 12.0 Å². The Hall–Kier alpha value is -3.55. The first kappa shape index (κ1) is 36.3. The largest absolute Gasteiger partial charge is 0.504 e. The lowest BCUT2D eigenvalue weighted by atomic mass is 9.96. The van der Waals surface area contributed by atoms with Gasteiger partial charge in [-0.05, 0) is 47.9 Å². The number of benzene rings is 2. The molecule has 8 N–H and O–H groups in total. The first-order valence-corrected chi connectivity index (χ1v) is 14.6. The van der Waals surface area contributed by atoms with E-state index in [0.717, 1.165) is 6.08 Å². The van der Waals surface area contributed by atoms with Gasteiger partial charge < -0.3 is 74.0 Å². The molecule has 47 heavy (non-hydrogen) atoms. The summed E-state index contributed by atoms with van der Waals surface area (Å²) in [5.74, 6) is -1.27. The molecule has 2 aromatic carbocycles. The first-order valence-electron chi connectivity index (χ1n) is 14.6. The Bertz CT molecular complexity index is 1350. The highest BCUT2D eigenvalue weighted by atomic mass is 16.7. The minimum absolute atomic E-state index is 0.0539. The second-order valence-corrected chi connectivity index (χ2v) is 10.9. The molecule has 4 rings (SSSR count). The molecule has 0 spiro atoms. The predicted octanol–water partition coefficient (Wildman–Crippen LogP) is -1.09. The van der Waals surface area contributed by atoms with Crippen LogP contribution in [0.2, 0.25) is 0 Å². The molecular weight excluding hydrogens is 628 g/mol. The van der Waals surface area contributed by atoms with Crippen LogP contribution in [0, 0.1) is 0 Å². The summed E-state index contributed by atoms with van der Waals surface area (Å²) in [6, 6.07) is 8.67. The quantitative estimate of drug-likeness (QED) is 0.0718. The highest BCUT2D eigenvalue weighted by molar-refractivity contribution is 5.87. The van der Waals surface area contributed by atoms with E-state index in [1.54, 1.807) is 12.1 Å². The summed E-state index contributed by atoms with van der Waals surface area (Å²) in [4.78, 5) is 12.6. The third kappa shape index (κ3) is 8.88. The normalized spacial score (nSPS) is 31.1. The number of phenols is 3. The van der Waals surface area contributed by atoms with Gasteiger partial charge in [0.25, 0.3) is 0 Å². The fourth-order valence-corrected chi connectivity index (χ4v) is 5.13. The summed E-state index contributed by atoms with van der Waals surface area (Å²) in [6.45, 7) is -1.19. The Morgan fingerprint density at radius 1 is 0.830 bits per heavy atom. The second kappa shape index (κ2) is 16.5. The molecule has 16 nitrogen and oxygen atoms in total. The molecule has 2 heterocycles. The van der Waals surface area contributed by atoms with Crippen molar-refractivity contribution in [2.75, 3.05) is 34.0 Å². The fourth-order valence-electron chi connectivity index (χ4n) is 5.13. The minimum Gasteiger partial charge on any atom is -0.504 e. The molecule has 0 amide bonds. The number of methoxy groups -OCH3 is 2. The highest BCUT2D eigenvalue weighted by Crippen LogP contribution is 2.32. The van der Waals surface area contributed by atoms with Gasteiger partial charge in [0.05, 0.1) is 20.3 Å². The van der Waals surface area contributed by atoms with Crippen molar-refractivity contribution in [3.8, 4) is 23.0 Å². The molecule has 2 fully saturated rings. The predicted molar refractivity (Wildman–Crippen MR) is 158 cm³/mol. The molecule has 260 valence electrons. The molecule has 10 atom stereocenters. The smallest absolute Gasteiger partial charge is 0.330 e. The van der Waals surface area contributed by atoms with Gasteiger partial charge in [-0.15, -0.1) is 0 Å². The van der Waals surface area contributed by atoms with Crippen LogP contribution < -0.4 is 4.74 Å². The van der Waals surface area contributed by atoms with E-state index in [0.29, 0.717) is 11.1 Å². The highest BCUT2D eigenvalue weighted by Gasteiger charge is 2.51. The van der Waals surface area contributed by atoms with Gasteiger partial charge in [-0.25, -0.2) is 4.79 Å². The zero-order valence-corrected chi connectivity index (χ0v) is 25.6. The average Bonchev–Trinajstić information content (AvgIpc) is 3.06. The zero-order chi connectivity index (χ0) is 34.2. The van der Waals surface area contributed by atoms with Crippen LogP contribution in [-0.2, 0) is 39.6 Å². The van der Waals surface area contributed by atoms with Crippen LogP contribution in [-0.4, -0.2) is 142 Å². The van der Waals surface area contributed by atoms with E-state index in [9.17, 15) is 45.6 Å². The summed E-state index contributed by atoms with van der Waals surface area (Å²) in [6.07, 6.45) is -12.0. The number of carbonyl (C=O) groups is 1. The Balaban J connectivity index is 1.49. The Kier molecular flexibility index (Phi) is 12.8. The van der Waals surface area contributed by atoms with Crippen molar-refractivity contribution in [1.82, 2.24) is 0 Å². The number of esters is 1. The minimum atomic E-state index is -1.79. The molecule has 2 aliphatic rings. The molecule has 0 aliphatic carbocycles. The third-order valence-electron chi connectivity index (χ3n) is 7.74. The van der Waals surface area contributed by atoms with Crippen LogP contribution >= 0.6 is 0 Å². The van der Waals surface area contributed by atoms with Crippen LogP contribution in [0.5, 0.6) is 23.0 Å². The number of aliphatic hydroxyl groups is 5. The van der Waals surface area contributed by atoms with E-state index < -0.39 is 80.6 Å². The topological polar surface area (TPSA) is 244 Å². The number of hydrogen-bond acceptors (Lipinski definition) is 16. The summed E-state index contributed by atoms with van der Waals surface area (Å²) < 4.78 is 39.0. The van der Waals surface area contributed by atoms with Crippen molar-refractivity contribution < 1.29 is 78.8 Å². The van der Waals surface area contributed by atoms with Crippen molar-refractivity contribution in [3.63, 3.8) is 0 Å². The van der Waals surface area contributed by atoms with Crippen LogP contribution in [0.15, 0.2) is 42.5 Å². The molecule has 0 radical (unpaired) electrons. The maximum Gasteiger partial charge on any atom is 0.330 e. The van der Waals surface area contributed by atoms with Crippen molar-refractivity contribution in [2.24, 2.45) is 0 Å². The summed E-state index contributed by atoms with van der Waals surface area (Å²) >= 11 is 0. The summed E-state index contributed by atoms with van der Waals surface area (Å²) in [7, 11) is 2.66. The fraction of sp³-hybridized carbons (Fsp3) is 0.516. The van der Waals surface area contributed by atoms with Gasteiger partial charge in [-0.1, -0.05) is 12.1 Å². The number of rotatable bonds is 13. The number of ether oxygens (including phenoxy) is 7. The SMILES string of the molecule is COc1cc(C=CC(=O)OC[C@@H]2O[C@H](OCCc3ccc(O)c(O)c3)[C@H](O)[C@@H](O[C@H]3O[C@@H](CO)[C@@H](O)[C@@H](O)[C@@H]3O)[C@H]2OC)ccc1O. The van der Waals surface area contributed by atoms with Crippen LogP contribution in [0.1, 0.15) is 11.1 Å². The van der Waals surface area contributed by atoms with E-state index in [1.807, 2.05) is 0 Å². The lowest BCUT2D eigenvalue weighted by Crippen LogP contribution is -2.65. The van der Waals surface area contributed by atoms with Crippen LogP contribution in [0.25, 0.3) is 6.08 Å². The van der Waals surface area contributed by atoms with E-state index in [4.69, 9.17) is 33.2 Å². The summed E-state index contributed by atoms with van der Waals surface area (Å²) in [5, 5.41) is 80.9. The Morgan fingerprint density at radius 3 is 2.23 bits per heavy atom. The number of phenolic OH excluding ortho intramolecular Hbond substituents is 3. The molecule has 0 aromatic heterocycles. The molecule has 0 saturated carbocycles.